The molecule has 0 fully saturated rings. The second kappa shape index (κ2) is 4.48. The summed E-state index contributed by atoms with van der Waals surface area (Å²) in [5.41, 5.74) is 0.879. The number of carboxylic acid groups (broad SMARTS) is 1. The van der Waals surface area contributed by atoms with E-state index in [1.807, 2.05) is 0 Å². The molecule has 0 aliphatic rings. The van der Waals surface area contributed by atoms with E-state index in [1.165, 1.54) is 0 Å². The van der Waals surface area contributed by atoms with Crippen molar-refractivity contribution in [2.45, 2.75) is 13.8 Å². The minimum absolute atomic E-state index is 0.0244. The second-order valence-corrected chi connectivity index (χ2v) is 3.98. The average Bonchev–Trinajstić information content (AvgIpc) is 2.76. The Hall–Kier alpha value is -2.77. The molecule has 0 aliphatic heterocycles. The van der Waals surface area contributed by atoms with Gasteiger partial charge in [0.15, 0.2) is 5.82 Å². The maximum absolute atomic E-state index is 11.3. The number of nitro groups is 1. The summed E-state index contributed by atoms with van der Waals surface area (Å²) < 4.78 is 1.10. The monoisotopic (exact) mass is 262 g/mol. The summed E-state index contributed by atoms with van der Waals surface area (Å²) in [6.45, 7) is 3.35. The first-order valence-electron chi connectivity index (χ1n) is 5.31. The van der Waals surface area contributed by atoms with Crippen LogP contribution in [0.5, 0.6) is 0 Å². The highest BCUT2D eigenvalue weighted by molar-refractivity contribution is 5.92. The van der Waals surface area contributed by atoms with Crippen LogP contribution in [0.2, 0.25) is 0 Å². The van der Waals surface area contributed by atoms with Gasteiger partial charge in [-0.3, -0.25) is 10.1 Å². The van der Waals surface area contributed by atoms with Crippen LogP contribution in [0.1, 0.15) is 21.6 Å². The van der Waals surface area contributed by atoms with E-state index in [0.717, 1.165) is 17.1 Å². The highest BCUT2D eigenvalue weighted by Gasteiger charge is 2.19. The molecule has 0 amide bonds. The molecular formula is C11H10N4O4. The van der Waals surface area contributed by atoms with Crippen LogP contribution in [0.25, 0.3) is 5.82 Å². The molecule has 2 aromatic rings. The van der Waals surface area contributed by atoms with Crippen LogP contribution < -0.4 is 0 Å². The fourth-order valence-electron chi connectivity index (χ4n) is 1.77. The first kappa shape index (κ1) is 12.7. The SMILES string of the molecule is Cc1cc(C)c(C(=O)O)c(-n2cc([N+](=O)[O-])cn2)n1. The Bertz CT molecular complexity index is 677. The Morgan fingerprint density at radius 2 is 2.16 bits per heavy atom. The molecule has 0 bridgehead atoms. The lowest BCUT2D eigenvalue weighted by Crippen LogP contribution is -2.11. The molecule has 0 aliphatic carbocycles. The number of carboxylic acids is 1. The predicted molar refractivity (Wildman–Crippen MR) is 64.4 cm³/mol. The first-order valence-corrected chi connectivity index (χ1v) is 5.31. The largest absolute Gasteiger partial charge is 0.478 e. The van der Waals surface area contributed by atoms with Crippen LogP contribution in [0, 0.1) is 24.0 Å². The molecule has 0 saturated heterocycles. The maximum Gasteiger partial charge on any atom is 0.339 e. The van der Waals surface area contributed by atoms with Gasteiger partial charge in [0.2, 0.25) is 0 Å². The number of hydrogen-bond donors (Lipinski definition) is 1. The van der Waals surface area contributed by atoms with Gasteiger partial charge in [0.25, 0.3) is 0 Å². The Morgan fingerprint density at radius 1 is 1.47 bits per heavy atom. The van der Waals surface area contributed by atoms with Gasteiger partial charge in [0.05, 0.1) is 4.92 Å². The van der Waals surface area contributed by atoms with E-state index in [-0.39, 0.29) is 17.1 Å². The standard InChI is InChI=1S/C11H10N4O4/c1-6-3-7(2)13-10(9(6)11(16)17)14-5-8(4-12-14)15(18)19/h3-5H,1-2H3,(H,16,17). The molecule has 19 heavy (non-hydrogen) atoms. The zero-order valence-electron chi connectivity index (χ0n) is 10.2. The van der Waals surface area contributed by atoms with Crippen LogP contribution >= 0.6 is 0 Å². The number of aromatic nitrogens is 3. The van der Waals surface area contributed by atoms with E-state index in [2.05, 4.69) is 10.1 Å². The van der Waals surface area contributed by atoms with Crippen molar-refractivity contribution in [2.24, 2.45) is 0 Å². The summed E-state index contributed by atoms with van der Waals surface area (Å²) in [4.78, 5) is 25.4. The zero-order valence-corrected chi connectivity index (χ0v) is 10.2. The number of aryl methyl sites for hydroxylation is 2. The van der Waals surface area contributed by atoms with Gasteiger partial charge in [0.1, 0.15) is 18.0 Å². The molecule has 2 heterocycles. The van der Waals surface area contributed by atoms with Crippen molar-refractivity contribution in [3.8, 4) is 5.82 Å². The van der Waals surface area contributed by atoms with Gasteiger partial charge in [0, 0.05) is 5.69 Å². The van der Waals surface area contributed by atoms with Crippen molar-refractivity contribution in [2.75, 3.05) is 0 Å². The maximum atomic E-state index is 11.3. The molecule has 0 spiro atoms. The molecule has 2 rings (SSSR count). The van der Waals surface area contributed by atoms with Crippen LogP contribution in [-0.2, 0) is 0 Å². The van der Waals surface area contributed by atoms with Crippen molar-refractivity contribution < 1.29 is 14.8 Å². The molecule has 2 aromatic heterocycles. The van der Waals surface area contributed by atoms with E-state index in [1.54, 1.807) is 19.9 Å². The number of nitrogens with zero attached hydrogens (tertiary/aromatic N) is 4. The van der Waals surface area contributed by atoms with E-state index in [9.17, 15) is 20.0 Å². The summed E-state index contributed by atoms with van der Waals surface area (Å²) >= 11 is 0. The molecule has 0 aromatic carbocycles. The summed E-state index contributed by atoms with van der Waals surface area (Å²) in [5.74, 6) is -1.09. The highest BCUT2D eigenvalue weighted by Crippen LogP contribution is 2.19. The topological polar surface area (TPSA) is 111 Å². The normalized spacial score (nSPS) is 10.4. The summed E-state index contributed by atoms with van der Waals surface area (Å²) in [6, 6.07) is 1.63. The number of aromatic carboxylic acids is 1. The Labute approximate surface area is 107 Å². The van der Waals surface area contributed by atoms with Crippen LogP contribution in [0.4, 0.5) is 5.69 Å². The van der Waals surface area contributed by atoms with Gasteiger partial charge in [-0.15, -0.1) is 0 Å². The van der Waals surface area contributed by atoms with E-state index in [4.69, 9.17) is 0 Å². The molecule has 8 nitrogen and oxygen atoms in total. The van der Waals surface area contributed by atoms with Crippen molar-refractivity contribution in [3.05, 3.63) is 45.4 Å². The molecular weight excluding hydrogens is 252 g/mol. The number of pyridine rings is 1. The van der Waals surface area contributed by atoms with Gasteiger partial charge >= 0.3 is 11.7 Å². The number of hydrogen-bond acceptors (Lipinski definition) is 5. The van der Waals surface area contributed by atoms with Gasteiger partial charge in [-0.2, -0.15) is 5.10 Å². The first-order chi connectivity index (χ1) is 8.90. The van der Waals surface area contributed by atoms with E-state index in [0.29, 0.717) is 11.3 Å². The van der Waals surface area contributed by atoms with Crippen molar-refractivity contribution in [3.63, 3.8) is 0 Å². The molecule has 1 N–H and O–H groups in total. The zero-order chi connectivity index (χ0) is 14.2. The summed E-state index contributed by atoms with van der Waals surface area (Å²) in [6.07, 6.45) is 2.18. The highest BCUT2D eigenvalue weighted by atomic mass is 16.6. The van der Waals surface area contributed by atoms with Gasteiger partial charge in [-0.25, -0.2) is 14.5 Å². The second-order valence-electron chi connectivity index (χ2n) is 3.98. The third-order valence-corrected chi connectivity index (χ3v) is 2.54. The molecule has 0 radical (unpaired) electrons. The fourth-order valence-corrected chi connectivity index (χ4v) is 1.77. The van der Waals surface area contributed by atoms with Crippen LogP contribution in [-0.4, -0.2) is 30.8 Å². The Balaban J connectivity index is 2.66. The lowest BCUT2D eigenvalue weighted by Gasteiger charge is -2.08. The Morgan fingerprint density at radius 3 is 2.68 bits per heavy atom. The molecule has 0 unspecified atom stereocenters. The van der Waals surface area contributed by atoms with Crippen molar-refractivity contribution in [1.82, 2.24) is 14.8 Å². The predicted octanol–water partition coefficient (Wildman–Crippen LogP) is 1.49. The summed E-state index contributed by atoms with van der Waals surface area (Å²) in [5, 5.41) is 23.6. The van der Waals surface area contributed by atoms with Crippen LogP contribution in [0.15, 0.2) is 18.5 Å². The lowest BCUT2D eigenvalue weighted by molar-refractivity contribution is -0.384. The smallest absolute Gasteiger partial charge is 0.339 e. The lowest BCUT2D eigenvalue weighted by atomic mass is 10.1. The van der Waals surface area contributed by atoms with Crippen LogP contribution in [0.3, 0.4) is 0 Å². The summed E-state index contributed by atoms with van der Waals surface area (Å²) in [7, 11) is 0. The number of carbonyl (C=O) groups is 1. The van der Waals surface area contributed by atoms with E-state index >= 15 is 0 Å². The molecule has 0 saturated carbocycles. The van der Waals surface area contributed by atoms with Gasteiger partial charge in [-0.1, -0.05) is 0 Å². The van der Waals surface area contributed by atoms with Crippen molar-refractivity contribution >= 4 is 11.7 Å². The number of rotatable bonds is 3. The minimum Gasteiger partial charge on any atom is -0.478 e. The molecule has 98 valence electrons. The third-order valence-electron chi connectivity index (χ3n) is 2.54. The fraction of sp³-hybridized carbons (Fsp3) is 0.182. The minimum atomic E-state index is -1.15. The van der Waals surface area contributed by atoms with Gasteiger partial charge in [-0.05, 0) is 25.5 Å². The average molecular weight is 262 g/mol. The third kappa shape index (κ3) is 2.28. The quantitative estimate of drug-likeness (QED) is 0.662. The van der Waals surface area contributed by atoms with Crippen molar-refractivity contribution in [1.29, 1.82) is 0 Å². The van der Waals surface area contributed by atoms with E-state index < -0.39 is 10.9 Å². The Kier molecular flexibility index (Phi) is 2.99. The molecule has 8 heteroatoms. The van der Waals surface area contributed by atoms with Gasteiger partial charge < -0.3 is 5.11 Å². The molecule has 0 atom stereocenters.